The fourth-order valence-corrected chi connectivity index (χ4v) is 4.04. The van der Waals surface area contributed by atoms with Crippen molar-refractivity contribution in [1.82, 2.24) is 19.7 Å². The molecule has 8 nitrogen and oxygen atoms in total. The van der Waals surface area contributed by atoms with Crippen molar-refractivity contribution in [3.8, 4) is 11.1 Å². The molecule has 2 aromatic heterocycles. The van der Waals surface area contributed by atoms with Crippen LogP contribution in [0.5, 0.6) is 0 Å². The van der Waals surface area contributed by atoms with Gasteiger partial charge in [-0.2, -0.15) is 5.10 Å². The van der Waals surface area contributed by atoms with E-state index in [1.807, 2.05) is 38.2 Å². The van der Waals surface area contributed by atoms with Crippen molar-refractivity contribution < 1.29 is 14.7 Å². The number of carboxylic acids is 1. The molecule has 2 aromatic carbocycles. The number of carbonyl (C=O) groups is 2. The summed E-state index contributed by atoms with van der Waals surface area (Å²) in [6, 6.07) is 11.9. The third-order valence-corrected chi connectivity index (χ3v) is 5.62. The molecule has 8 heteroatoms. The summed E-state index contributed by atoms with van der Waals surface area (Å²) >= 11 is 0. The van der Waals surface area contributed by atoms with Crippen LogP contribution in [-0.2, 0) is 17.9 Å². The lowest BCUT2D eigenvalue weighted by molar-refractivity contribution is -0.137. The van der Waals surface area contributed by atoms with Gasteiger partial charge in [0, 0.05) is 49.5 Å². The van der Waals surface area contributed by atoms with Crippen LogP contribution in [0.2, 0.25) is 0 Å². The minimum Gasteiger partial charge on any atom is -0.480 e. The second-order valence-electron chi connectivity index (χ2n) is 8.14. The Balaban J connectivity index is 1.92. The summed E-state index contributed by atoms with van der Waals surface area (Å²) in [4.78, 5) is 34.5. The summed E-state index contributed by atoms with van der Waals surface area (Å²) in [6.07, 6.45) is 3.52. The maximum absolute atomic E-state index is 12.3. The van der Waals surface area contributed by atoms with Gasteiger partial charge in [0.15, 0.2) is 5.78 Å². The number of rotatable bonds is 7. The van der Waals surface area contributed by atoms with Gasteiger partial charge in [-0.1, -0.05) is 18.2 Å². The number of aryl methyl sites for hydroxylation is 2. The van der Waals surface area contributed by atoms with Gasteiger partial charge in [0.25, 0.3) is 0 Å². The molecular formula is C25H25N5O3. The van der Waals surface area contributed by atoms with Gasteiger partial charge in [-0.25, -0.2) is 9.97 Å². The molecule has 4 aromatic rings. The Morgan fingerprint density at radius 2 is 1.79 bits per heavy atom. The number of aliphatic carboxylic acids is 1. The van der Waals surface area contributed by atoms with E-state index in [2.05, 4.69) is 39.0 Å². The number of fused-ring (bicyclic) bond motifs is 1. The summed E-state index contributed by atoms with van der Waals surface area (Å²) in [6.45, 7) is 5.54. The molecule has 0 aliphatic rings. The van der Waals surface area contributed by atoms with E-state index >= 15 is 0 Å². The molecule has 0 radical (unpaired) electrons. The first-order valence-corrected chi connectivity index (χ1v) is 10.6. The maximum atomic E-state index is 12.3. The molecule has 0 bridgehead atoms. The lowest BCUT2D eigenvalue weighted by Crippen LogP contribution is -2.18. The number of carboxylic acid groups (broad SMARTS) is 1. The van der Waals surface area contributed by atoms with Crippen LogP contribution in [0.25, 0.3) is 22.0 Å². The Morgan fingerprint density at radius 1 is 1.09 bits per heavy atom. The van der Waals surface area contributed by atoms with Crippen molar-refractivity contribution in [2.45, 2.75) is 33.9 Å². The Bertz CT molecular complexity index is 1360. The zero-order chi connectivity index (χ0) is 23.7. The second-order valence-corrected chi connectivity index (χ2v) is 8.14. The van der Waals surface area contributed by atoms with E-state index in [4.69, 9.17) is 0 Å². The van der Waals surface area contributed by atoms with Gasteiger partial charge >= 0.3 is 5.97 Å². The number of ketones is 1. The zero-order valence-electron chi connectivity index (χ0n) is 19.0. The van der Waals surface area contributed by atoms with Gasteiger partial charge in [-0.15, -0.1) is 0 Å². The SMILES string of the molecule is CC(=O)c1nn(CC(=O)O)c2cc(CN(C)c3ccccc3C)c(-c3cnc(C)nc3)cc12. The molecule has 0 saturated heterocycles. The molecular weight excluding hydrogens is 418 g/mol. The molecule has 0 saturated carbocycles. The van der Waals surface area contributed by atoms with Crippen LogP contribution in [0.3, 0.4) is 0 Å². The van der Waals surface area contributed by atoms with Crippen LogP contribution in [0.4, 0.5) is 5.69 Å². The standard InChI is InChI=1S/C25H25N5O3/c1-15-7-5-6-8-22(15)29(4)13-18-9-23-21(10-20(18)19-11-26-17(3)27-12-19)25(16(2)31)28-30(23)14-24(32)33/h5-12H,13-14H2,1-4H3,(H,32,33). The largest absolute Gasteiger partial charge is 0.480 e. The van der Waals surface area contributed by atoms with Crippen LogP contribution in [0, 0.1) is 13.8 Å². The number of hydrogen-bond acceptors (Lipinski definition) is 6. The van der Waals surface area contributed by atoms with Crippen molar-refractivity contribution in [3.63, 3.8) is 0 Å². The van der Waals surface area contributed by atoms with Crippen molar-refractivity contribution >= 4 is 28.3 Å². The lowest BCUT2D eigenvalue weighted by Gasteiger charge is -2.23. The second kappa shape index (κ2) is 8.82. The predicted octanol–water partition coefficient (Wildman–Crippen LogP) is 4.03. The summed E-state index contributed by atoms with van der Waals surface area (Å²) < 4.78 is 1.38. The molecule has 0 unspecified atom stereocenters. The van der Waals surface area contributed by atoms with E-state index in [0.29, 0.717) is 23.3 Å². The minimum atomic E-state index is -1.02. The Hall–Kier alpha value is -4.07. The molecule has 0 atom stereocenters. The van der Waals surface area contributed by atoms with Crippen molar-refractivity contribution in [3.05, 3.63) is 71.4 Å². The molecule has 0 fully saturated rings. The Morgan fingerprint density at radius 3 is 2.42 bits per heavy atom. The summed E-state index contributed by atoms with van der Waals surface area (Å²) in [5.41, 5.74) is 5.73. The van der Waals surface area contributed by atoms with E-state index < -0.39 is 5.97 Å². The fourth-order valence-electron chi connectivity index (χ4n) is 4.04. The van der Waals surface area contributed by atoms with Crippen LogP contribution >= 0.6 is 0 Å². The van der Waals surface area contributed by atoms with Crippen LogP contribution in [0.1, 0.15) is 34.4 Å². The topological polar surface area (TPSA) is 101 Å². The van der Waals surface area contributed by atoms with E-state index in [1.54, 1.807) is 12.4 Å². The Kier molecular flexibility index (Phi) is 5.91. The normalized spacial score (nSPS) is 11.0. The Labute approximate surface area is 191 Å². The number of benzene rings is 2. The number of carbonyl (C=O) groups excluding carboxylic acids is 1. The van der Waals surface area contributed by atoms with E-state index in [9.17, 15) is 14.7 Å². The highest BCUT2D eigenvalue weighted by Crippen LogP contribution is 2.32. The summed E-state index contributed by atoms with van der Waals surface area (Å²) in [5.74, 6) is -0.582. The van der Waals surface area contributed by atoms with Gasteiger partial charge in [0.05, 0.1) is 5.52 Å². The number of nitrogens with zero attached hydrogens (tertiary/aromatic N) is 5. The van der Waals surface area contributed by atoms with Crippen LogP contribution < -0.4 is 4.90 Å². The first-order valence-electron chi connectivity index (χ1n) is 10.6. The molecule has 0 aliphatic heterocycles. The number of para-hydroxylation sites is 1. The monoisotopic (exact) mass is 443 g/mol. The molecule has 0 spiro atoms. The molecule has 0 amide bonds. The van der Waals surface area contributed by atoms with Crippen molar-refractivity contribution in [1.29, 1.82) is 0 Å². The first-order chi connectivity index (χ1) is 15.7. The zero-order valence-corrected chi connectivity index (χ0v) is 19.0. The average molecular weight is 444 g/mol. The number of Topliss-reactive ketones (excluding diaryl/α,β-unsaturated/α-hetero) is 1. The highest BCUT2D eigenvalue weighted by Gasteiger charge is 2.20. The molecule has 33 heavy (non-hydrogen) atoms. The van der Waals surface area contributed by atoms with E-state index in [1.165, 1.54) is 11.6 Å². The van der Waals surface area contributed by atoms with E-state index in [-0.39, 0.29) is 18.0 Å². The number of hydrogen-bond donors (Lipinski definition) is 1. The van der Waals surface area contributed by atoms with Crippen LogP contribution in [-0.4, -0.2) is 43.7 Å². The molecule has 4 rings (SSSR count). The first kappa shape index (κ1) is 22.1. The summed E-state index contributed by atoms with van der Waals surface area (Å²) in [7, 11) is 2.01. The molecule has 0 aliphatic carbocycles. The third kappa shape index (κ3) is 4.45. The smallest absolute Gasteiger partial charge is 0.325 e. The predicted molar refractivity (Wildman–Crippen MR) is 126 cm³/mol. The third-order valence-electron chi connectivity index (χ3n) is 5.62. The molecule has 168 valence electrons. The average Bonchev–Trinajstić information content (AvgIpc) is 3.11. The van der Waals surface area contributed by atoms with E-state index in [0.717, 1.165) is 27.9 Å². The van der Waals surface area contributed by atoms with Crippen molar-refractivity contribution in [2.75, 3.05) is 11.9 Å². The molecule has 2 heterocycles. The quantitative estimate of drug-likeness (QED) is 0.430. The highest BCUT2D eigenvalue weighted by atomic mass is 16.4. The van der Waals surface area contributed by atoms with Crippen molar-refractivity contribution in [2.24, 2.45) is 0 Å². The fraction of sp³-hybridized carbons (Fsp3) is 0.240. The minimum absolute atomic E-state index is 0.222. The number of aromatic nitrogens is 4. The van der Waals surface area contributed by atoms with Crippen LogP contribution in [0.15, 0.2) is 48.8 Å². The summed E-state index contributed by atoms with van der Waals surface area (Å²) in [5, 5.41) is 14.3. The van der Waals surface area contributed by atoms with Gasteiger partial charge in [-0.3, -0.25) is 14.3 Å². The van der Waals surface area contributed by atoms with Gasteiger partial charge in [0.2, 0.25) is 0 Å². The van der Waals surface area contributed by atoms with Gasteiger partial charge < -0.3 is 10.0 Å². The van der Waals surface area contributed by atoms with Gasteiger partial charge in [-0.05, 0) is 48.7 Å². The molecule has 1 N–H and O–H groups in total. The lowest BCUT2D eigenvalue weighted by atomic mass is 9.97. The number of anilines is 1. The maximum Gasteiger partial charge on any atom is 0.325 e. The highest BCUT2D eigenvalue weighted by molar-refractivity contribution is 6.06. The van der Waals surface area contributed by atoms with Gasteiger partial charge in [0.1, 0.15) is 18.1 Å².